The lowest BCUT2D eigenvalue weighted by atomic mass is 10.1. The van der Waals surface area contributed by atoms with Crippen LogP contribution < -0.4 is 16.4 Å². The van der Waals surface area contributed by atoms with Gasteiger partial charge >= 0.3 is 0 Å². The summed E-state index contributed by atoms with van der Waals surface area (Å²) in [4.78, 5) is 26.2. The van der Waals surface area contributed by atoms with Crippen LogP contribution in [-0.4, -0.2) is 42.4 Å². The Balaban J connectivity index is 1.79. The molecule has 138 valence electrons. The normalized spacial score (nSPS) is 17.2. The van der Waals surface area contributed by atoms with Crippen molar-refractivity contribution in [1.82, 2.24) is 4.90 Å². The van der Waals surface area contributed by atoms with Gasteiger partial charge < -0.3 is 16.4 Å². The van der Waals surface area contributed by atoms with Crippen LogP contribution in [0.3, 0.4) is 0 Å². The molecule has 1 atom stereocenters. The van der Waals surface area contributed by atoms with Crippen molar-refractivity contribution >= 4 is 23.2 Å². The molecule has 0 radical (unpaired) electrons. The number of anilines is 2. The molecule has 0 saturated carbocycles. The summed E-state index contributed by atoms with van der Waals surface area (Å²) in [7, 11) is 0. The van der Waals surface area contributed by atoms with Crippen LogP contribution in [0.4, 0.5) is 11.4 Å². The van der Waals surface area contributed by atoms with Crippen LogP contribution in [0, 0.1) is 0 Å². The summed E-state index contributed by atoms with van der Waals surface area (Å²) < 4.78 is 0. The third-order valence-corrected chi connectivity index (χ3v) is 4.28. The van der Waals surface area contributed by atoms with Gasteiger partial charge in [-0.15, -0.1) is 0 Å². The Morgan fingerprint density at radius 2 is 1.44 bits per heavy atom. The summed E-state index contributed by atoms with van der Waals surface area (Å²) >= 11 is 0. The molecule has 1 fully saturated rings. The minimum atomic E-state index is -0.165. The molecule has 1 aliphatic heterocycles. The highest BCUT2D eigenvalue weighted by atomic mass is 16.2. The van der Waals surface area contributed by atoms with Gasteiger partial charge in [-0.1, -0.05) is 19.3 Å². The summed E-state index contributed by atoms with van der Waals surface area (Å²) in [6.07, 6.45) is 6.45. The quantitative estimate of drug-likeness (QED) is 0.739. The Kier molecular flexibility index (Phi) is 7.88. The fourth-order valence-electron chi connectivity index (χ4n) is 3.02. The third-order valence-electron chi connectivity index (χ3n) is 4.28. The lowest BCUT2D eigenvalue weighted by molar-refractivity contribution is -0.117. The molecule has 1 saturated heterocycles. The van der Waals surface area contributed by atoms with Crippen LogP contribution in [0.25, 0.3) is 0 Å². The third kappa shape index (κ3) is 7.67. The lowest BCUT2D eigenvalue weighted by Gasteiger charge is -2.23. The number of carbonyl (C=O) groups excluding carboxylic acids is 2. The van der Waals surface area contributed by atoms with Crippen molar-refractivity contribution in [1.29, 1.82) is 0 Å². The van der Waals surface area contributed by atoms with E-state index in [0.717, 1.165) is 18.8 Å². The zero-order chi connectivity index (χ0) is 18.1. The molecule has 1 heterocycles. The van der Waals surface area contributed by atoms with E-state index in [4.69, 9.17) is 5.73 Å². The van der Waals surface area contributed by atoms with Gasteiger partial charge in [0.1, 0.15) is 0 Å². The van der Waals surface area contributed by atoms with Crippen molar-refractivity contribution in [2.24, 2.45) is 5.73 Å². The zero-order valence-electron chi connectivity index (χ0n) is 15.1. The predicted molar refractivity (Wildman–Crippen MR) is 101 cm³/mol. The molecule has 6 heteroatoms. The Labute approximate surface area is 150 Å². The van der Waals surface area contributed by atoms with Gasteiger partial charge in [0.25, 0.3) is 0 Å². The highest BCUT2D eigenvalue weighted by Gasteiger charge is 2.12. The molecule has 0 spiro atoms. The number of hydrogen-bond acceptors (Lipinski definition) is 4. The number of likely N-dealkylation sites (tertiary alicyclic amines) is 1. The van der Waals surface area contributed by atoms with E-state index in [-0.39, 0.29) is 24.3 Å². The van der Waals surface area contributed by atoms with Crippen LogP contribution in [0.15, 0.2) is 24.3 Å². The molecule has 4 N–H and O–H groups in total. The van der Waals surface area contributed by atoms with Gasteiger partial charge in [-0.3, -0.25) is 14.5 Å². The molecule has 1 unspecified atom stereocenters. The van der Waals surface area contributed by atoms with Crippen LogP contribution in [-0.2, 0) is 9.59 Å². The lowest BCUT2D eigenvalue weighted by Crippen LogP contribution is -2.35. The van der Waals surface area contributed by atoms with E-state index in [1.54, 1.807) is 31.2 Å². The number of benzene rings is 1. The molecule has 2 amide bonds. The van der Waals surface area contributed by atoms with Crippen LogP contribution >= 0.6 is 0 Å². The minimum absolute atomic E-state index is 0.00863. The second kappa shape index (κ2) is 10.2. The molecular formula is C19H30N4O2. The van der Waals surface area contributed by atoms with E-state index in [0.29, 0.717) is 12.2 Å². The van der Waals surface area contributed by atoms with Gasteiger partial charge in [-0.05, 0) is 57.1 Å². The van der Waals surface area contributed by atoms with Crippen molar-refractivity contribution in [2.75, 3.05) is 30.3 Å². The van der Waals surface area contributed by atoms with Crippen LogP contribution in [0.1, 0.15) is 45.4 Å². The van der Waals surface area contributed by atoms with E-state index in [1.165, 1.54) is 32.1 Å². The van der Waals surface area contributed by atoms with Gasteiger partial charge in [0.2, 0.25) is 11.8 Å². The number of nitrogens with zero attached hydrogens (tertiary/aromatic N) is 1. The van der Waals surface area contributed by atoms with E-state index in [9.17, 15) is 9.59 Å². The summed E-state index contributed by atoms with van der Waals surface area (Å²) in [6, 6.07) is 7.00. The molecule has 0 aromatic heterocycles. The smallest absolute Gasteiger partial charge is 0.238 e. The first-order chi connectivity index (χ1) is 12.0. The van der Waals surface area contributed by atoms with E-state index < -0.39 is 0 Å². The van der Waals surface area contributed by atoms with Gasteiger partial charge in [-0.2, -0.15) is 0 Å². The first-order valence-corrected chi connectivity index (χ1v) is 9.20. The van der Waals surface area contributed by atoms with Crippen LogP contribution in [0.5, 0.6) is 0 Å². The number of nitrogens with two attached hydrogens (primary N) is 1. The molecule has 1 aromatic carbocycles. The maximum absolute atomic E-state index is 12.2. The Morgan fingerprint density at radius 1 is 0.960 bits per heavy atom. The first kappa shape index (κ1) is 19.4. The molecule has 1 aliphatic rings. The van der Waals surface area contributed by atoms with E-state index >= 15 is 0 Å². The van der Waals surface area contributed by atoms with E-state index in [1.807, 2.05) is 0 Å². The molecule has 6 nitrogen and oxygen atoms in total. The van der Waals surface area contributed by atoms with Gasteiger partial charge in [-0.25, -0.2) is 0 Å². The zero-order valence-corrected chi connectivity index (χ0v) is 15.1. The second-order valence-electron chi connectivity index (χ2n) is 6.90. The number of nitrogens with one attached hydrogen (secondary N) is 2. The summed E-state index contributed by atoms with van der Waals surface area (Å²) in [5.74, 6) is -0.0989. The first-order valence-electron chi connectivity index (χ1n) is 9.20. The molecule has 1 aromatic rings. The van der Waals surface area contributed by atoms with Crippen molar-refractivity contribution in [3.8, 4) is 0 Å². The SMILES string of the molecule is CC(N)CC(=O)Nc1ccc(NC(=O)CN2CCCCCCC2)cc1. The highest BCUT2D eigenvalue weighted by molar-refractivity contribution is 5.93. The topological polar surface area (TPSA) is 87.5 Å². The van der Waals surface area contributed by atoms with Crippen molar-refractivity contribution in [3.63, 3.8) is 0 Å². The maximum Gasteiger partial charge on any atom is 0.238 e. The fourth-order valence-corrected chi connectivity index (χ4v) is 3.02. The second-order valence-corrected chi connectivity index (χ2v) is 6.90. The average molecular weight is 346 g/mol. The Morgan fingerprint density at radius 3 is 1.96 bits per heavy atom. The van der Waals surface area contributed by atoms with Crippen molar-refractivity contribution < 1.29 is 9.59 Å². The fraction of sp³-hybridized carbons (Fsp3) is 0.579. The van der Waals surface area contributed by atoms with Crippen molar-refractivity contribution in [2.45, 2.75) is 51.5 Å². The molecule has 0 bridgehead atoms. The molecule has 25 heavy (non-hydrogen) atoms. The van der Waals surface area contributed by atoms with Crippen molar-refractivity contribution in [3.05, 3.63) is 24.3 Å². The standard InChI is InChI=1S/C19H30N4O2/c1-15(20)13-18(24)21-16-7-9-17(10-8-16)22-19(25)14-23-11-5-3-2-4-6-12-23/h7-10,15H,2-6,11-14,20H2,1H3,(H,21,24)(H,22,25). The number of hydrogen-bond donors (Lipinski definition) is 3. The Bertz CT molecular complexity index is 549. The van der Waals surface area contributed by atoms with Gasteiger partial charge in [0.15, 0.2) is 0 Å². The van der Waals surface area contributed by atoms with Crippen LogP contribution in [0.2, 0.25) is 0 Å². The van der Waals surface area contributed by atoms with Gasteiger partial charge in [0.05, 0.1) is 6.54 Å². The molecule has 2 rings (SSSR count). The Hall–Kier alpha value is -1.92. The summed E-state index contributed by atoms with van der Waals surface area (Å²) in [5, 5.41) is 5.72. The minimum Gasteiger partial charge on any atom is -0.327 e. The number of carbonyl (C=O) groups is 2. The van der Waals surface area contributed by atoms with Gasteiger partial charge in [0, 0.05) is 23.8 Å². The predicted octanol–water partition coefficient (Wildman–Crippen LogP) is 2.57. The molecular weight excluding hydrogens is 316 g/mol. The summed E-state index contributed by atoms with van der Waals surface area (Å²) in [5.41, 5.74) is 7.05. The highest BCUT2D eigenvalue weighted by Crippen LogP contribution is 2.15. The maximum atomic E-state index is 12.2. The monoisotopic (exact) mass is 346 g/mol. The summed E-state index contributed by atoms with van der Waals surface area (Å²) in [6.45, 7) is 4.23. The largest absolute Gasteiger partial charge is 0.327 e. The number of amides is 2. The molecule has 0 aliphatic carbocycles. The average Bonchev–Trinajstić information content (AvgIpc) is 2.51. The number of rotatable bonds is 6. The van der Waals surface area contributed by atoms with E-state index in [2.05, 4.69) is 15.5 Å².